The predicted molar refractivity (Wildman–Crippen MR) is 208 cm³/mol. The Labute approximate surface area is 284 Å². The van der Waals surface area contributed by atoms with Crippen LogP contribution in [0.15, 0.2) is 158 Å². The fourth-order valence-corrected chi connectivity index (χ4v) is 6.49. The third kappa shape index (κ3) is 6.26. The molecule has 0 heterocycles. The lowest BCUT2D eigenvalue weighted by Crippen LogP contribution is -2.12. The molecule has 0 fully saturated rings. The zero-order chi connectivity index (χ0) is 33.0. The molecule has 0 amide bonds. The summed E-state index contributed by atoms with van der Waals surface area (Å²) in [5.41, 5.74) is 14.4. The largest absolute Gasteiger partial charge is 0.310 e. The van der Waals surface area contributed by atoms with E-state index in [1.165, 1.54) is 61.3 Å². The smallest absolute Gasteiger partial charge is 0.0490 e. The highest BCUT2D eigenvalue weighted by Crippen LogP contribution is 2.40. The fourth-order valence-electron chi connectivity index (χ4n) is 6.49. The summed E-state index contributed by atoms with van der Waals surface area (Å²) >= 11 is 0. The van der Waals surface area contributed by atoms with E-state index < -0.39 is 0 Å². The van der Waals surface area contributed by atoms with Crippen LogP contribution >= 0.6 is 0 Å². The van der Waals surface area contributed by atoms with Crippen LogP contribution in [-0.4, -0.2) is 0 Å². The van der Waals surface area contributed by atoms with Crippen molar-refractivity contribution in [3.8, 4) is 0 Å². The molecule has 0 saturated heterocycles. The number of benzene rings is 7. The number of hydrogen-bond acceptors (Lipinski definition) is 2. The summed E-state index contributed by atoms with van der Waals surface area (Å²) in [5, 5.41) is 2.44. The molecule has 0 radical (unpaired) electrons. The molecular formula is C46H40N2. The number of nitrogens with zero attached hydrogens (tertiary/aromatic N) is 2. The number of rotatable bonds is 8. The van der Waals surface area contributed by atoms with Gasteiger partial charge in [-0.1, -0.05) is 115 Å². The van der Waals surface area contributed by atoms with E-state index in [2.05, 4.69) is 207 Å². The highest BCUT2D eigenvalue weighted by Gasteiger charge is 2.17. The monoisotopic (exact) mass is 620 g/mol. The van der Waals surface area contributed by atoms with Crippen LogP contribution in [0.3, 0.4) is 0 Å². The number of fused-ring (bicyclic) bond motifs is 1. The maximum absolute atomic E-state index is 2.38. The third-order valence-electron chi connectivity index (χ3n) is 9.15. The van der Waals surface area contributed by atoms with Gasteiger partial charge in [-0.05, 0) is 126 Å². The van der Waals surface area contributed by atoms with Gasteiger partial charge in [0.15, 0.2) is 0 Å². The Balaban J connectivity index is 1.17. The van der Waals surface area contributed by atoms with Gasteiger partial charge >= 0.3 is 0 Å². The van der Waals surface area contributed by atoms with Crippen molar-refractivity contribution in [2.75, 3.05) is 9.80 Å². The molecule has 0 aliphatic rings. The van der Waals surface area contributed by atoms with Crippen LogP contribution in [0.5, 0.6) is 0 Å². The van der Waals surface area contributed by atoms with E-state index in [-0.39, 0.29) is 0 Å². The van der Waals surface area contributed by atoms with E-state index in [1.807, 2.05) is 0 Å². The predicted octanol–water partition coefficient (Wildman–Crippen LogP) is 13.2. The molecule has 0 bridgehead atoms. The molecule has 0 atom stereocenters. The summed E-state index contributed by atoms with van der Waals surface area (Å²) in [5.74, 6) is 0. The number of anilines is 6. The maximum Gasteiger partial charge on any atom is 0.0490 e. The Bertz CT molecular complexity index is 2150. The minimum absolute atomic E-state index is 1.14. The minimum Gasteiger partial charge on any atom is -0.310 e. The van der Waals surface area contributed by atoms with Gasteiger partial charge in [-0.25, -0.2) is 0 Å². The quantitative estimate of drug-likeness (QED) is 0.156. The molecule has 48 heavy (non-hydrogen) atoms. The molecule has 0 aliphatic heterocycles. The van der Waals surface area contributed by atoms with Crippen molar-refractivity contribution in [3.05, 3.63) is 191 Å². The molecule has 0 N–H and O–H groups in total. The van der Waals surface area contributed by atoms with Gasteiger partial charge in [0.1, 0.15) is 0 Å². The van der Waals surface area contributed by atoms with Crippen molar-refractivity contribution in [2.24, 2.45) is 0 Å². The molecule has 234 valence electrons. The van der Waals surface area contributed by atoms with Crippen LogP contribution in [0.25, 0.3) is 22.9 Å². The van der Waals surface area contributed by atoms with Crippen molar-refractivity contribution in [1.82, 2.24) is 0 Å². The molecule has 7 aromatic carbocycles. The summed E-state index contributed by atoms with van der Waals surface area (Å²) in [6.45, 7) is 8.70. The second kappa shape index (κ2) is 13.5. The Morgan fingerprint density at radius 1 is 0.333 bits per heavy atom. The number of aryl methyl sites for hydroxylation is 4. The highest BCUT2D eigenvalue weighted by molar-refractivity contribution is 5.92. The molecule has 2 heteroatoms. The van der Waals surface area contributed by atoms with E-state index >= 15 is 0 Å². The summed E-state index contributed by atoms with van der Waals surface area (Å²) < 4.78 is 0. The second-order valence-corrected chi connectivity index (χ2v) is 12.5. The summed E-state index contributed by atoms with van der Waals surface area (Å²) in [6.07, 6.45) is 4.40. The maximum atomic E-state index is 2.38. The summed E-state index contributed by atoms with van der Waals surface area (Å²) in [6, 6.07) is 56.7. The summed E-state index contributed by atoms with van der Waals surface area (Å²) in [7, 11) is 0. The van der Waals surface area contributed by atoms with Crippen molar-refractivity contribution in [2.45, 2.75) is 27.7 Å². The van der Waals surface area contributed by atoms with Crippen LogP contribution in [0.1, 0.15) is 33.4 Å². The van der Waals surface area contributed by atoms with Gasteiger partial charge in [-0.15, -0.1) is 0 Å². The minimum atomic E-state index is 1.14. The fraction of sp³-hybridized carbons (Fsp3) is 0.0870. The molecule has 7 aromatic rings. The first kappa shape index (κ1) is 30.8. The van der Waals surface area contributed by atoms with Gasteiger partial charge in [0, 0.05) is 34.1 Å². The summed E-state index contributed by atoms with van der Waals surface area (Å²) in [4.78, 5) is 4.73. The molecule has 0 spiro atoms. The normalized spacial score (nSPS) is 11.2. The topological polar surface area (TPSA) is 6.48 Å². The molecule has 2 nitrogen and oxygen atoms in total. The van der Waals surface area contributed by atoms with E-state index in [1.54, 1.807) is 0 Å². The van der Waals surface area contributed by atoms with Gasteiger partial charge in [-0.2, -0.15) is 0 Å². The molecule has 0 aromatic heterocycles. The van der Waals surface area contributed by atoms with E-state index in [0.717, 1.165) is 16.9 Å². The van der Waals surface area contributed by atoms with E-state index in [0.29, 0.717) is 0 Å². The molecule has 0 aliphatic carbocycles. The molecular weight excluding hydrogens is 581 g/mol. The van der Waals surface area contributed by atoms with Crippen molar-refractivity contribution in [1.29, 1.82) is 0 Å². The van der Waals surface area contributed by atoms with Crippen LogP contribution in [0, 0.1) is 27.7 Å². The number of para-hydroxylation sites is 4. The zero-order valence-electron chi connectivity index (χ0n) is 28.1. The Morgan fingerprint density at radius 2 is 0.688 bits per heavy atom. The highest BCUT2D eigenvalue weighted by atomic mass is 15.2. The van der Waals surface area contributed by atoms with Crippen molar-refractivity contribution in [3.63, 3.8) is 0 Å². The van der Waals surface area contributed by atoms with Gasteiger partial charge < -0.3 is 9.80 Å². The first-order chi connectivity index (χ1) is 23.5. The van der Waals surface area contributed by atoms with Crippen LogP contribution in [-0.2, 0) is 0 Å². The Kier molecular flexibility index (Phi) is 8.64. The van der Waals surface area contributed by atoms with E-state index in [9.17, 15) is 0 Å². The first-order valence-electron chi connectivity index (χ1n) is 16.6. The molecule has 7 rings (SSSR count). The van der Waals surface area contributed by atoms with Gasteiger partial charge in [-0.3, -0.25) is 0 Å². The lowest BCUT2D eigenvalue weighted by atomic mass is 10.0. The zero-order valence-corrected chi connectivity index (χ0v) is 28.1. The average Bonchev–Trinajstić information content (AvgIpc) is 3.11. The van der Waals surface area contributed by atoms with Crippen molar-refractivity contribution >= 4 is 57.0 Å². The third-order valence-corrected chi connectivity index (χ3v) is 9.15. The van der Waals surface area contributed by atoms with Gasteiger partial charge in [0.2, 0.25) is 0 Å². The molecule has 0 saturated carbocycles. The lowest BCUT2D eigenvalue weighted by molar-refractivity contribution is 1.22. The average molecular weight is 621 g/mol. The van der Waals surface area contributed by atoms with E-state index in [4.69, 9.17) is 0 Å². The lowest BCUT2D eigenvalue weighted by Gasteiger charge is -2.28. The number of hydrogen-bond donors (Lipinski definition) is 0. The molecule has 0 unspecified atom stereocenters. The first-order valence-corrected chi connectivity index (χ1v) is 16.6. The van der Waals surface area contributed by atoms with Gasteiger partial charge in [0.25, 0.3) is 0 Å². The standard InChI is InChI=1S/C46H40N2/c1-33-13-5-9-17-43(33)47(44-18-10-6-14-34(44)2)41-28-24-37(25-29-41)21-22-38-23-26-40-32-42(30-27-39(40)31-38)48(45-19-11-7-15-35(45)3)46-20-12-8-16-36(46)4/h5-32H,1-4H3. The Morgan fingerprint density at radius 3 is 1.17 bits per heavy atom. The Hall–Kier alpha value is -5.86. The van der Waals surface area contributed by atoms with Crippen LogP contribution < -0.4 is 9.80 Å². The van der Waals surface area contributed by atoms with Crippen LogP contribution in [0.2, 0.25) is 0 Å². The van der Waals surface area contributed by atoms with Gasteiger partial charge in [0.05, 0.1) is 0 Å². The SMILES string of the molecule is Cc1ccccc1N(c1ccc(C=Cc2ccc3cc(N(c4ccccc4C)c4ccccc4C)ccc3c2)cc1)c1ccccc1C. The second-order valence-electron chi connectivity index (χ2n) is 12.5. The van der Waals surface area contributed by atoms with Crippen molar-refractivity contribution < 1.29 is 0 Å². The van der Waals surface area contributed by atoms with Crippen LogP contribution in [0.4, 0.5) is 34.1 Å².